The van der Waals surface area contributed by atoms with Gasteiger partial charge in [-0.15, -0.1) is 0 Å². The van der Waals surface area contributed by atoms with Crippen molar-refractivity contribution in [2.24, 2.45) is 5.10 Å². The maximum atomic E-state index is 10.9. The van der Waals surface area contributed by atoms with E-state index in [0.29, 0.717) is 12.0 Å². The van der Waals surface area contributed by atoms with Gasteiger partial charge in [0.1, 0.15) is 0 Å². The molecule has 22 heavy (non-hydrogen) atoms. The molecule has 0 saturated heterocycles. The molecule has 4 nitrogen and oxygen atoms in total. The number of nitrogens with zero attached hydrogens (tertiary/aromatic N) is 2. The molecule has 1 aliphatic rings. The highest BCUT2D eigenvalue weighted by molar-refractivity contribution is 5.83. The van der Waals surface area contributed by atoms with Gasteiger partial charge in [-0.3, -0.25) is 4.79 Å². The smallest absolute Gasteiger partial charge is 0.236 e. The zero-order valence-corrected chi connectivity index (χ0v) is 14.5. The molecule has 1 amide bonds. The Balaban J connectivity index is 2.38. The normalized spacial score (nSPS) is 20.3. The molecule has 1 aliphatic heterocycles. The summed E-state index contributed by atoms with van der Waals surface area (Å²) < 4.78 is 0. The summed E-state index contributed by atoms with van der Waals surface area (Å²) >= 11 is 0. The second-order valence-corrected chi connectivity index (χ2v) is 7.13. The number of hydrazone groups is 1. The van der Waals surface area contributed by atoms with Crippen molar-refractivity contribution in [1.82, 2.24) is 5.43 Å². The number of nitrogens with one attached hydrogen (secondary N) is 1. The number of carbonyl (C=O) groups is 1. The van der Waals surface area contributed by atoms with E-state index in [0.717, 1.165) is 12.0 Å². The van der Waals surface area contributed by atoms with Crippen LogP contribution in [0.5, 0.6) is 0 Å². The number of anilines is 1. The van der Waals surface area contributed by atoms with Crippen LogP contribution < -0.4 is 10.3 Å². The predicted octanol–water partition coefficient (Wildman–Crippen LogP) is 3.66. The Hall–Kier alpha value is -1.84. The van der Waals surface area contributed by atoms with E-state index in [9.17, 15) is 4.79 Å². The number of fused-ring (bicyclic) bond motifs is 1. The summed E-state index contributed by atoms with van der Waals surface area (Å²) in [6.45, 7) is 12.9. The number of rotatable bonds is 3. The van der Waals surface area contributed by atoms with Crippen LogP contribution in [0.3, 0.4) is 0 Å². The van der Waals surface area contributed by atoms with E-state index in [1.54, 1.807) is 6.21 Å². The maximum absolute atomic E-state index is 10.9. The summed E-state index contributed by atoms with van der Waals surface area (Å²) in [5, 5.41) is 3.96. The molecular weight excluding hydrogens is 274 g/mol. The molecule has 2 rings (SSSR count). The maximum Gasteiger partial charge on any atom is 0.236 e. The zero-order chi connectivity index (χ0) is 16.5. The van der Waals surface area contributed by atoms with Crippen molar-refractivity contribution in [1.29, 1.82) is 0 Å². The first-order chi connectivity index (χ1) is 10.2. The van der Waals surface area contributed by atoms with Gasteiger partial charge in [-0.25, -0.2) is 5.43 Å². The largest absolute Gasteiger partial charge is 0.364 e. The van der Waals surface area contributed by atoms with Gasteiger partial charge in [0.25, 0.3) is 0 Å². The third-order valence-corrected chi connectivity index (χ3v) is 4.25. The molecule has 0 fully saturated rings. The van der Waals surface area contributed by atoms with Crippen LogP contribution in [0.2, 0.25) is 0 Å². The second kappa shape index (κ2) is 6.11. The molecular formula is C18H27N3O. The van der Waals surface area contributed by atoms with Crippen molar-refractivity contribution in [2.75, 3.05) is 4.90 Å². The van der Waals surface area contributed by atoms with Crippen LogP contribution in [0.4, 0.5) is 5.69 Å². The molecule has 1 N–H and O–H groups in total. The van der Waals surface area contributed by atoms with Gasteiger partial charge < -0.3 is 4.90 Å². The monoisotopic (exact) mass is 301 g/mol. The molecule has 1 aromatic carbocycles. The SMILES string of the molecule is CC(=O)N/N=C\c1ccc2c(c1)[C@@H](C)CC(C)(C)N2C(C)C. The molecule has 1 atom stereocenters. The lowest BCUT2D eigenvalue weighted by Gasteiger charge is -2.50. The average molecular weight is 301 g/mol. The quantitative estimate of drug-likeness (QED) is 0.684. The predicted molar refractivity (Wildman–Crippen MR) is 92.6 cm³/mol. The minimum atomic E-state index is -0.157. The van der Waals surface area contributed by atoms with Crippen LogP contribution in [-0.4, -0.2) is 23.7 Å². The standard InChI is InChI=1S/C18H27N3O/c1-12(2)21-17-8-7-15(11-19-20-14(4)22)9-16(17)13(3)10-18(21,5)6/h7-9,11-13H,10H2,1-6H3,(H,20,22)/b19-11-/t13-/m0/s1. The zero-order valence-electron chi connectivity index (χ0n) is 14.5. The van der Waals surface area contributed by atoms with Crippen molar-refractivity contribution in [3.8, 4) is 0 Å². The first-order valence-corrected chi connectivity index (χ1v) is 7.95. The summed E-state index contributed by atoms with van der Waals surface area (Å²) in [4.78, 5) is 13.4. The number of hydrogen-bond acceptors (Lipinski definition) is 3. The summed E-state index contributed by atoms with van der Waals surface area (Å²) in [7, 11) is 0. The van der Waals surface area contributed by atoms with E-state index in [2.05, 4.69) is 68.2 Å². The number of hydrogen-bond donors (Lipinski definition) is 1. The van der Waals surface area contributed by atoms with Crippen molar-refractivity contribution in [3.05, 3.63) is 29.3 Å². The molecule has 0 unspecified atom stereocenters. The second-order valence-electron chi connectivity index (χ2n) is 7.13. The Labute approximate surface area is 133 Å². The minimum absolute atomic E-state index is 0.157. The Morgan fingerprint density at radius 1 is 1.45 bits per heavy atom. The van der Waals surface area contributed by atoms with Crippen LogP contribution in [0.25, 0.3) is 0 Å². The molecule has 0 radical (unpaired) electrons. The third kappa shape index (κ3) is 3.32. The van der Waals surface area contributed by atoms with E-state index >= 15 is 0 Å². The molecule has 1 aromatic rings. The average Bonchev–Trinajstić information content (AvgIpc) is 2.37. The fraction of sp³-hybridized carbons (Fsp3) is 0.556. The van der Waals surface area contributed by atoms with E-state index in [1.165, 1.54) is 18.2 Å². The Morgan fingerprint density at radius 2 is 2.14 bits per heavy atom. The molecule has 0 aliphatic carbocycles. The van der Waals surface area contributed by atoms with E-state index in [-0.39, 0.29) is 11.4 Å². The number of carbonyl (C=O) groups excluding carboxylic acids is 1. The molecule has 0 spiro atoms. The van der Waals surface area contributed by atoms with Crippen LogP contribution in [-0.2, 0) is 4.79 Å². The summed E-state index contributed by atoms with van der Waals surface area (Å²) in [6, 6.07) is 6.89. The van der Waals surface area contributed by atoms with Gasteiger partial charge in [0.05, 0.1) is 6.21 Å². The van der Waals surface area contributed by atoms with Crippen LogP contribution in [0, 0.1) is 0 Å². The number of amides is 1. The highest BCUT2D eigenvalue weighted by Gasteiger charge is 2.37. The lowest BCUT2D eigenvalue weighted by atomic mass is 9.79. The fourth-order valence-electron chi connectivity index (χ4n) is 3.73. The molecule has 1 heterocycles. The molecule has 4 heteroatoms. The van der Waals surface area contributed by atoms with Crippen molar-refractivity contribution < 1.29 is 4.79 Å². The highest BCUT2D eigenvalue weighted by atomic mass is 16.2. The number of benzene rings is 1. The summed E-state index contributed by atoms with van der Waals surface area (Å²) in [6.07, 6.45) is 2.83. The van der Waals surface area contributed by atoms with Crippen molar-refractivity contribution in [2.45, 2.75) is 65.5 Å². The Bertz CT molecular complexity index is 590. The van der Waals surface area contributed by atoms with Gasteiger partial charge in [-0.05, 0) is 63.3 Å². The van der Waals surface area contributed by atoms with Gasteiger partial charge in [-0.1, -0.05) is 13.0 Å². The lowest BCUT2D eigenvalue weighted by Crippen LogP contribution is -2.51. The van der Waals surface area contributed by atoms with Crippen LogP contribution >= 0.6 is 0 Å². The third-order valence-electron chi connectivity index (χ3n) is 4.25. The first-order valence-electron chi connectivity index (χ1n) is 7.95. The van der Waals surface area contributed by atoms with Gasteiger partial charge in [0, 0.05) is 24.2 Å². The Kier molecular flexibility index (Phi) is 4.59. The van der Waals surface area contributed by atoms with E-state index < -0.39 is 0 Å². The van der Waals surface area contributed by atoms with Crippen LogP contribution in [0.15, 0.2) is 23.3 Å². The topological polar surface area (TPSA) is 44.7 Å². The van der Waals surface area contributed by atoms with Gasteiger partial charge >= 0.3 is 0 Å². The molecule has 0 saturated carbocycles. The molecule has 120 valence electrons. The van der Waals surface area contributed by atoms with Crippen molar-refractivity contribution in [3.63, 3.8) is 0 Å². The summed E-state index contributed by atoms with van der Waals surface area (Å²) in [5.41, 5.74) is 6.30. The van der Waals surface area contributed by atoms with Gasteiger partial charge in [0.15, 0.2) is 0 Å². The highest BCUT2D eigenvalue weighted by Crippen LogP contribution is 2.44. The summed E-state index contributed by atoms with van der Waals surface area (Å²) in [5.74, 6) is 0.351. The Morgan fingerprint density at radius 3 is 2.73 bits per heavy atom. The van der Waals surface area contributed by atoms with E-state index in [4.69, 9.17) is 0 Å². The molecule has 0 bridgehead atoms. The van der Waals surface area contributed by atoms with E-state index in [1.807, 2.05) is 0 Å². The van der Waals surface area contributed by atoms with Gasteiger partial charge in [-0.2, -0.15) is 5.10 Å². The first kappa shape index (κ1) is 16.5. The minimum Gasteiger partial charge on any atom is -0.364 e. The van der Waals surface area contributed by atoms with Crippen LogP contribution in [0.1, 0.15) is 65.0 Å². The fourth-order valence-corrected chi connectivity index (χ4v) is 3.73. The van der Waals surface area contributed by atoms with Gasteiger partial charge in [0.2, 0.25) is 5.91 Å². The lowest BCUT2D eigenvalue weighted by molar-refractivity contribution is -0.118. The molecule has 0 aromatic heterocycles. The van der Waals surface area contributed by atoms with Crippen molar-refractivity contribution >= 4 is 17.8 Å².